The van der Waals surface area contributed by atoms with Gasteiger partial charge in [-0.1, -0.05) is 0 Å². The number of nitrogens with zero attached hydrogens (tertiary/aromatic N) is 4. The van der Waals surface area contributed by atoms with Crippen molar-refractivity contribution >= 4 is 28.5 Å². The fourth-order valence-corrected chi connectivity index (χ4v) is 4.35. The van der Waals surface area contributed by atoms with Gasteiger partial charge in [-0.3, -0.25) is 14.7 Å². The third-order valence-corrected chi connectivity index (χ3v) is 6.30. The molecule has 0 saturated carbocycles. The summed E-state index contributed by atoms with van der Waals surface area (Å²) >= 11 is 0. The number of likely N-dealkylation sites (tertiary alicyclic amines) is 1. The first kappa shape index (κ1) is 21.1. The number of H-pyrrole nitrogens is 1. The predicted octanol–water partition coefficient (Wildman–Crippen LogP) is 3.21. The Kier molecular flexibility index (Phi) is 6.06. The Hall–Kier alpha value is -3.16. The minimum atomic E-state index is 0.0173. The van der Waals surface area contributed by atoms with Crippen LogP contribution in [0.4, 0.5) is 5.69 Å². The number of piperidine rings is 1. The van der Waals surface area contributed by atoms with Gasteiger partial charge in [0.25, 0.3) is 0 Å². The van der Waals surface area contributed by atoms with E-state index in [1.54, 1.807) is 0 Å². The molecule has 164 valence electrons. The average Bonchev–Trinajstić information content (AvgIpc) is 3.31. The number of aryl methyl sites for hydroxylation is 3. The number of hydrogen-bond donors (Lipinski definition) is 2. The summed E-state index contributed by atoms with van der Waals surface area (Å²) in [7, 11) is 0. The Morgan fingerprint density at radius 1 is 1.23 bits per heavy atom. The lowest BCUT2D eigenvalue weighted by Crippen LogP contribution is -2.40. The van der Waals surface area contributed by atoms with Crippen molar-refractivity contribution < 1.29 is 9.59 Å². The van der Waals surface area contributed by atoms with Gasteiger partial charge in [-0.25, -0.2) is 4.98 Å². The zero-order valence-corrected chi connectivity index (χ0v) is 18.4. The summed E-state index contributed by atoms with van der Waals surface area (Å²) in [6.07, 6.45) is 4.38. The highest BCUT2D eigenvalue weighted by atomic mass is 16.2. The number of carbonyl (C=O) groups is 2. The van der Waals surface area contributed by atoms with E-state index in [4.69, 9.17) is 0 Å². The van der Waals surface area contributed by atoms with E-state index in [1.165, 1.54) is 0 Å². The second-order valence-corrected chi connectivity index (χ2v) is 8.40. The number of nitrogens with one attached hydrogen (secondary N) is 2. The van der Waals surface area contributed by atoms with Gasteiger partial charge in [-0.05, 0) is 57.7 Å². The number of fused-ring (bicyclic) bond motifs is 1. The molecule has 0 bridgehead atoms. The van der Waals surface area contributed by atoms with Gasteiger partial charge >= 0.3 is 0 Å². The van der Waals surface area contributed by atoms with E-state index in [2.05, 4.69) is 32.0 Å². The van der Waals surface area contributed by atoms with Crippen molar-refractivity contribution in [3.63, 3.8) is 0 Å². The zero-order chi connectivity index (χ0) is 22.0. The van der Waals surface area contributed by atoms with Gasteiger partial charge in [-0.15, -0.1) is 0 Å². The van der Waals surface area contributed by atoms with Gasteiger partial charge in [0.2, 0.25) is 11.8 Å². The summed E-state index contributed by atoms with van der Waals surface area (Å²) in [5.74, 6) is 0.448. The summed E-state index contributed by atoms with van der Waals surface area (Å²) in [6, 6.07) is 5.84. The lowest BCUT2D eigenvalue weighted by atomic mass is 9.92. The number of hydrogen-bond acceptors (Lipinski definition) is 4. The Balaban J connectivity index is 1.26. The van der Waals surface area contributed by atoms with Crippen LogP contribution in [0.3, 0.4) is 0 Å². The van der Waals surface area contributed by atoms with Crippen LogP contribution in [0.5, 0.6) is 0 Å². The van der Waals surface area contributed by atoms with Crippen molar-refractivity contribution in [2.45, 2.75) is 53.0 Å². The van der Waals surface area contributed by atoms with Crippen LogP contribution in [0.2, 0.25) is 0 Å². The van der Waals surface area contributed by atoms with Gasteiger partial charge in [0.05, 0.1) is 29.5 Å². The van der Waals surface area contributed by atoms with E-state index in [1.807, 2.05) is 43.3 Å². The standard InChI is InChI=1S/C23H30N6O2/c1-4-28-14-24-20-12-18(5-6-21(20)28)25-22(30)11-17-7-9-29(10-8-17)23(31)13-19-15(2)26-27-16(19)3/h5-6,12,14,17H,4,7-11,13H2,1-3H3,(H,25,30)(H,26,27). The Bertz CT molecular complexity index is 1070. The maximum absolute atomic E-state index is 12.7. The van der Waals surface area contributed by atoms with Gasteiger partial charge in [0.1, 0.15) is 0 Å². The minimum Gasteiger partial charge on any atom is -0.342 e. The largest absolute Gasteiger partial charge is 0.342 e. The van der Waals surface area contributed by atoms with E-state index in [9.17, 15) is 9.59 Å². The molecule has 1 aliphatic heterocycles. The fraction of sp³-hybridized carbons (Fsp3) is 0.478. The van der Waals surface area contributed by atoms with Crippen molar-refractivity contribution in [2.75, 3.05) is 18.4 Å². The number of aromatic nitrogens is 4. The van der Waals surface area contributed by atoms with Crippen molar-refractivity contribution in [1.29, 1.82) is 0 Å². The first-order valence-corrected chi connectivity index (χ1v) is 11.0. The van der Waals surface area contributed by atoms with E-state index < -0.39 is 0 Å². The summed E-state index contributed by atoms with van der Waals surface area (Å²) in [5.41, 5.74) is 5.56. The van der Waals surface area contributed by atoms with Crippen LogP contribution < -0.4 is 5.32 Å². The van der Waals surface area contributed by atoms with Gasteiger partial charge < -0.3 is 14.8 Å². The molecule has 1 aromatic carbocycles. The molecule has 2 aromatic heterocycles. The second kappa shape index (κ2) is 8.91. The summed E-state index contributed by atoms with van der Waals surface area (Å²) in [6.45, 7) is 8.21. The van der Waals surface area contributed by atoms with Crippen LogP contribution in [-0.4, -0.2) is 49.6 Å². The molecule has 1 fully saturated rings. The first-order valence-electron chi connectivity index (χ1n) is 11.0. The van der Waals surface area contributed by atoms with E-state index in [-0.39, 0.29) is 11.8 Å². The van der Waals surface area contributed by atoms with Gasteiger partial charge in [-0.2, -0.15) is 5.10 Å². The highest BCUT2D eigenvalue weighted by Gasteiger charge is 2.25. The van der Waals surface area contributed by atoms with E-state index in [0.717, 1.165) is 53.1 Å². The predicted molar refractivity (Wildman–Crippen MR) is 120 cm³/mol. The molecule has 0 atom stereocenters. The van der Waals surface area contributed by atoms with Gasteiger partial charge in [0, 0.05) is 43.0 Å². The minimum absolute atomic E-state index is 0.0173. The van der Waals surface area contributed by atoms with Gasteiger partial charge in [0.15, 0.2) is 0 Å². The molecule has 2 N–H and O–H groups in total. The van der Waals surface area contributed by atoms with E-state index in [0.29, 0.717) is 31.8 Å². The Labute approximate surface area is 182 Å². The maximum atomic E-state index is 12.7. The smallest absolute Gasteiger partial charge is 0.227 e. The topological polar surface area (TPSA) is 95.9 Å². The third-order valence-electron chi connectivity index (χ3n) is 6.30. The first-order chi connectivity index (χ1) is 14.9. The molecule has 1 saturated heterocycles. The number of rotatable bonds is 6. The molecule has 31 heavy (non-hydrogen) atoms. The number of aromatic amines is 1. The number of carbonyl (C=O) groups excluding carboxylic acids is 2. The van der Waals surface area contributed by atoms with E-state index >= 15 is 0 Å². The molecular formula is C23H30N6O2. The number of benzene rings is 1. The van der Waals surface area contributed by atoms with Crippen molar-refractivity contribution in [3.05, 3.63) is 41.5 Å². The highest BCUT2D eigenvalue weighted by molar-refractivity contribution is 5.93. The monoisotopic (exact) mass is 422 g/mol. The molecule has 8 heteroatoms. The number of imidazole rings is 1. The fourth-order valence-electron chi connectivity index (χ4n) is 4.35. The van der Waals surface area contributed by atoms with Crippen LogP contribution in [0.1, 0.15) is 43.1 Å². The highest BCUT2D eigenvalue weighted by Crippen LogP contribution is 2.23. The van der Waals surface area contributed by atoms with Crippen molar-refractivity contribution in [2.24, 2.45) is 5.92 Å². The molecule has 3 heterocycles. The van der Waals surface area contributed by atoms with Crippen molar-refractivity contribution in [3.8, 4) is 0 Å². The molecule has 0 spiro atoms. The maximum Gasteiger partial charge on any atom is 0.227 e. The third kappa shape index (κ3) is 4.62. The molecule has 3 aromatic rings. The van der Waals surface area contributed by atoms with Crippen LogP contribution in [0.15, 0.2) is 24.5 Å². The number of amides is 2. The molecule has 1 aliphatic rings. The van der Waals surface area contributed by atoms with Crippen LogP contribution in [0.25, 0.3) is 11.0 Å². The van der Waals surface area contributed by atoms with Crippen LogP contribution in [-0.2, 0) is 22.6 Å². The molecule has 0 aliphatic carbocycles. The average molecular weight is 423 g/mol. The van der Waals surface area contributed by atoms with Crippen molar-refractivity contribution in [1.82, 2.24) is 24.6 Å². The Morgan fingerprint density at radius 2 is 2.00 bits per heavy atom. The summed E-state index contributed by atoms with van der Waals surface area (Å²) in [4.78, 5) is 31.5. The lowest BCUT2D eigenvalue weighted by Gasteiger charge is -2.32. The molecule has 4 rings (SSSR count). The van der Waals surface area contributed by atoms with Crippen LogP contribution in [0, 0.1) is 19.8 Å². The number of anilines is 1. The molecule has 2 amide bonds. The molecule has 0 radical (unpaired) electrons. The molecule has 0 unspecified atom stereocenters. The normalized spacial score (nSPS) is 14.9. The summed E-state index contributed by atoms with van der Waals surface area (Å²) in [5, 5.41) is 10.1. The zero-order valence-electron chi connectivity index (χ0n) is 18.4. The SMILES string of the molecule is CCn1cnc2cc(NC(=O)CC3CCN(C(=O)Cc4c(C)n[nH]c4C)CC3)ccc21. The quantitative estimate of drug-likeness (QED) is 0.638. The summed E-state index contributed by atoms with van der Waals surface area (Å²) < 4.78 is 2.07. The second-order valence-electron chi connectivity index (χ2n) is 8.40. The lowest BCUT2D eigenvalue weighted by molar-refractivity contribution is -0.131. The Morgan fingerprint density at radius 3 is 2.68 bits per heavy atom. The molecule has 8 nitrogen and oxygen atoms in total. The van der Waals surface area contributed by atoms with Crippen LogP contribution >= 0.6 is 0 Å². The molecular weight excluding hydrogens is 392 g/mol.